The Morgan fingerprint density at radius 2 is 0.971 bits per heavy atom. The van der Waals surface area contributed by atoms with E-state index >= 15 is 0 Å². The maximum absolute atomic E-state index is 13.0. The van der Waals surface area contributed by atoms with Crippen LogP contribution >= 0.6 is 13.6 Å². The van der Waals surface area contributed by atoms with Crippen molar-refractivity contribution in [1.29, 1.82) is 0 Å². The first-order valence-electron chi connectivity index (χ1n) is 23.7. The molecule has 0 radical (unpaired) electrons. The van der Waals surface area contributed by atoms with Crippen molar-refractivity contribution in [3.8, 4) is 28.7 Å². The van der Waals surface area contributed by atoms with Gasteiger partial charge in [0.05, 0.1) is 0 Å². The molecule has 0 unspecified atom stereocenters. The molecule has 0 bridgehead atoms. The molecule has 2 aromatic rings. The van der Waals surface area contributed by atoms with Crippen molar-refractivity contribution in [3.63, 3.8) is 0 Å². The summed E-state index contributed by atoms with van der Waals surface area (Å²) in [6, 6.07) is 7.06. The van der Waals surface area contributed by atoms with Crippen LogP contribution in [0.5, 0.6) is 28.7 Å². The molecule has 68 heavy (non-hydrogen) atoms. The number of rotatable bonds is 16. The van der Waals surface area contributed by atoms with Crippen molar-refractivity contribution in [2.75, 3.05) is 0 Å². The van der Waals surface area contributed by atoms with Crippen LogP contribution in [-0.2, 0) is 32.9 Å². The third-order valence-electron chi connectivity index (χ3n) is 10.4. The van der Waals surface area contributed by atoms with E-state index in [4.69, 9.17) is 17.7 Å². The summed E-state index contributed by atoms with van der Waals surface area (Å²) in [6.45, 7) is 49.9. The van der Waals surface area contributed by atoms with Gasteiger partial charge in [0.1, 0.15) is 28.7 Å². The Morgan fingerprint density at radius 3 is 1.22 bits per heavy atom. The number of alkyl halides is 3. The van der Waals surface area contributed by atoms with Gasteiger partial charge in [-0.2, -0.15) is 28.0 Å². The fraction of sp³-hybridized carbons (Fsp3) is 0.588. The van der Waals surface area contributed by atoms with E-state index in [9.17, 15) is 21.6 Å². The van der Waals surface area contributed by atoms with Gasteiger partial charge in [0.25, 0.3) is 0 Å². The van der Waals surface area contributed by atoms with Crippen LogP contribution < -0.4 is 21.9 Å². The molecule has 7 nitrogen and oxygen atoms in total. The summed E-state index contributed by atoms with van der Waals surface area (Å²) >= 11 is 4.25. The van der Waals surface area contributed by atoms with E-state index < -0.39 is 54.6 Å². The summed E-state index contributed by atoms with van der Waals surface area (Å²) in [5.74, 6) is 2.76. The molecule has 0 heterocycles. The van der Waals surface area contributed by atoms with Crippen molar-refractivity contribution in [2.24, 2.45) is 11.8 Å². The molecule has 0 fully saturated rings. The molecule has 0 aromatic heterocycles. The number of aryl methyl sites for hydroxylation is 1. The molecule has 2 aromatic carbocycles. The second-order valence-corrected chi connectivity index (χ2v) is 41.2. The van der Waals surface area contributed by atoms with Gasteiger partial charge in [0, 0.05) is 35.1 Å². The fourth-order valence-corrected chi connectivity index (χ4v) is 11.8. The molecule has 4 rings (SSSR count). The predicted molar refractivity (Wildman–Crippen MR) is 291 cm³/mol. The Hall–Kier alpha value is -1.89. The summed E-state index contributed by atoms with van der Waals surface area (Å²) in [5, 5.41) is 0. The molecule has 0 N–H and O–H groups in total. The number of hydrogen-bond acceptors (Lipinski definition) is 7. The molecular weight excluding hydrogens is 1070 g/mol. The van der Waals surface area contributed by atoms with E-state index in [1.54, 1.807) is 0 Å². The van der Waals surface area contributed by atoms with Crippen LogP contribution in [0.4, 0.5) is 13.2 Å². The molecule has 17 heteroatoms. The van der Waals surface area contributed by atoms with Gasteiger partial charge in [-0.15, -0.1) is 0 Å². The summed E-state index contributed by atoms with van der Waals surface area (Å²) in [5.41, 5.74) is 2.58. The molecule has 0 aliphatic heterocycles. The molecular formula is C51H84BrF3O7SSi4Zn. The van der Waals surface area contributed by atoms with Crippen LogP contribution in [0.2, 0.25) is 78.6 Å². The minimum atomic E-state index is -5.86. The van der Waals surface area contributed by atoms with E-state index in [-0.39, 0.29) is 29.3 Å². The van der Waals surface area contributed by atoms with Gasteiger partial charge in [-0.1, -0.05) is 67.9 Å². The number of allylic oxidation sites excluding steroid dienone is 6. The first kappa shape index (κ1) is 64.1. The van der Waals surface area contributed by atoms with Crippen LogP contribution in [0.3, 0.4) is 0 Å². The average Bonchev–Trinajstić information content (AvgIpc) is 3.13. The Balaban J connectivity index is 0.000000627. The van der Waals surface area contributed by atoms with E-state index in [2.05, 4.69) is 122 Å². The van der Waals surface area contributed by atoms with E-state index in [0.717, 1.165) is 62.0 Å². The first-order chi connectivity index (χ1) is 30.9. The summed E-state index contributed by atoms with van der Waals surface area (Å²) < 4.78 is 93.1. The van der Waals surface area contributed by atoms with Gasteiger partial charge in [-0.25, -0.2) is 0 Å². The monoisotopic (exact) mass is 1150 g/mol. The van der Waals surface area contributed by atoms with Crippen LogP contribution in [0.15, 0.2) is 71.9 Å². The predicted octanol–water partition coefficient (Wildman–Crippen LogP) is 17.5. The zero-order chi connectivity index (χ0) is 53.0. The van der Waals surface area contributed by atoms with Crippen molar-refractivity contribution in [2.45, 2.75) is 182 Å². The SMILES string of the molecule is C=C(C)[C@@H]1CCC(C)=C[C@H]1c1c(O[Si](C)(C)C)cc(CCC)cc1O[Si](C)(C)C.C=C(C)[C@@H]1CCC(C)=C[C@H]1c1c(O[Si](C)(C)C)cc(OS(=O)(=O)C(F)(F)F)cc1O[Si](C)(C)C.[CH2-]CC.[Zn+][Br]. The van der Waals surface area contributed by atoms with Gasteiger partial charge in [-0.3, -0.25) is 0 Å². The van der Waals surface area contributed by atoms with E-state index in [1.807, 2.05) is 60.1 Å². The van der Waals surface area contributed by atoms with Crippen molar-refractivity contribution in [1.82, 2.24) is 0 Å². The minimum absolute atomic E-state index is 0.0716. The third kappa shape index (κ3) is 21.4. The Bertz CT molecular complexity index is 2100. The zero-order valence-electron chi connectivity index (χ0n) is 44.8. The van der Waals surface area contributed by atoms with Crippen LogP contribution in [0, 0.1) is 18.8 Å². The molecule has 0 saturated carbocycles. The molecule has 4 atom stereocenters. The van der Waals surface area contributed by atoms with Crippen LogP contribution in [0.25, 0.3) is 0 Å². The van der Waals surface area contributed by atoms with Gasteiger partial charge in [-0.05, 0) is 168 Å². The number of halogens is 4. The molecule has 0 saturated heterocycles. The molecule has 2 aliphatic rings. The van der Waals surface area contributed by atoms with Crippen LogP contribution in [-0.4, -0.2) is 47.2 Å². The normalized spacial score (nSPS) is 19.0. The third-order valence-corrected chi connectivity index (χ3v) is 14.7. The standard InChI is InChI=1S/C25H42O2Si2.C23H35F3O5SSi2.C3H7.BrH.Zn/c1-11-12-20-16-23(26-28(5,6)7)25(24(17-20)27-29(8,9)10)22-15-19(4)13-14-21(22)18(2)3;1-15(2)18-11-10-16(3)12-19(18)22-20(30-33(4,5)6)13-17(14-21(22)31-34(7,8)9)29-32(27,28)23(24,25)26;1-3-2;;/h15-17,21-22H,2,11-14H2,1,3-10H3;12-14,18-19H,1,10-11H2,2-9H3;1,3H2,2H3;1H;/q;;-1;;+2/p-1/t21-,22+;18-,19+;;;/m00.../s1. The number of benzene rings is 2. The van der Waals surface area contributed by atoms with Gasteiger partial charge < -0.3 is 28.8 Å². The van der Waals surface area contributed by atoms with Crippen LogP contribution in [0.1, 0.15) is 109 Å². The second kappa shape index (κ2) is 26.7. The van der Waals surface area contributed by atoms with E-state index in [1.165, 1.54) is 56.3 Å². The Labute approximate surface area is 432 Å². The molecule has 0 spiro atoms. The van der Waals surface area contributed by atoms with Crippen molar-refractivity contribution in [3.05, 3.63) is 95.5 Å². The zero-order valence-corrected chi connectivity index (χ0v) is 54.2. The van der Waals surface area contributed by atoms with E-state index in [0.29, 0.717) is 11.5 Å². The van der Waals surface area contributed by atoms with Gasteiger partial charge >= 0.3 is 45.6 Å². The number of hydrogen-bond donors (Lipinski definition) is 0. The Morgan fingerprint density at radius 1 is 0.676 bits per heavy atom. The molecule has 382 valence electrons. The average molecular weight is 1160 g/mol. The first-order valence-corrected chi connectivity index (χ1v) is 45.7. The van der Waals surface area contributed by atoms with Gasteiger partial charge in [0.2, 0.25) is 33.3 Å². The quantitative estimate of drug-likeness (QED) is 0.0545. The van der Waals surface area contributed by atoms with Crippen molar-refractivity contribution >= 4 is 57.0 Å². The summed E-state index contributed by atoms with van der Waals surface area (Å²) in [4.78, 5) is 0. The molecule has 0 amide bonds. The van der Waals surface area contributed by atoms with Crippen molar-refractivity contribution < 1.29 is 59.8 Å². The molecule has 2 aliphatic carbocycles. The topological polar surface area (TPSA) is 80.3 Å². The second-order valence-electron chi connectivity index (χ2n) is 22.0. The fourth-order valence-electron chi connectivity index (χ4n) is 8.01. The Kier molecular flexibility index (Phi) is 25.2. The summed E-state index contributed by atoms with van der Waals surface area (Å²) in [6.07, 6.45) is 11.8. The summed E-state index contributed by atoms with van der Waals surface area (Å²) in [7, 11) is -14.0. The van der Waals surface area contributed by atoms with Gasteiger partial charge in [0.15, 0.2) is 0 Å². The maximum atomic E-state index is 13.0.